The number of nitrogens with zero attached hydrogens (tertiary/aromatic N) is 2. The number of rotatable bonds is 3. The SMILES string of the molecule is CN(CC1CC(O)C1)c1ccncc1. The maximum absolute atomic E-state index is 9.17. The molecule has 1 aromatic rings. The van der Waals surface area contributed by atoms with E-state index in [9.17, 15) is 5.11 Å². The molecule has 0 atom stereocenters. The van der Waals surface area contributed by atoms with Gasteiger partial charge in [-0.25, -0.2) is 0 Å². The smallest absolute Gasteiger partial charge is 0.0546 e. The summed E-state index contributed by atoms with van der Waals surface area (Å²) in [5, 5.41) is 9.17. The van der Waals surface area contributed by atoms with Crippen molar-refractivity contribution in [1.29, 1.82) is 0 Å². The van der Waals surface area contributed by atoms with Crippen LogP contribution in [0.15, 0.2) is 24.5 Å². The molecule has 3 heteroatoms. The van der Waals surface area contributed by atoms with E-state index >= 15 is 0 Å². The summed E-state index contributed by atoms with van der Waals surface area (Å²) in [5.41, 5.74) is 1.20. The highest BCUT2D eigenvalue weighted by molar-refractivity contribution is 5.43. The molecular formula is C11H16N2O. The molecule has 1 aromatic heterocycles. The molecule has 1 N–H and O–H groups in total. The molecule has 0 unspecified atom stereocenters. The number of anilines is 1. The molecule has 3 nitrogen and oxygen atoms in total. The van der Waals surface area contributed by atoms with Gasteiger partial charge in [0.05, 0.1) is 6.10 Å². The van der Waals surface area contributed by atoms with Crippen molar-refractivity contribution in [2.45, 2.75) is 18.9 Å². The Morgan fingerprint density at radius 1 is 1.43 bits per heavy atom. The lowest BCUT2D eigenvalue weighted by Gasteiger charge is -2.35. The van der Waals surface area contributed by atoms with Crippen LogP contribution in [0.1, 0.15) is 12.8 Å². The van der Waals surface area contributed by atoms with Crippen molar-refractivity contribution in [2.75, 3.05) is 18.5 Å². The average molecular weight is 192 g/mol. The lowest BCUT2D eigenvalue weighted by Crippen LogP contribution is -2.37. The highest BCUT2D eigenvalue weighted by Gasteiger charge is 2.27. The summed E-state index contributed by atoms with van der Waals surface area (Å²) in [5.74, 6) is 0.656. The molecule has 0 spiro atoms. The minimum absolute atomic E-state index is 0.0501. The van der Waals surface area contributed by atoms with E-state index in [-0.39, 0.29) is 6.10 Å². The Morgan fingerprint density at radius 2 is 2.07 bits per heavy atom. The predicted molar refractivity (Wildman–Crippen MR) is 56.2 cm³/mol. The highest BCUT2D eigenvalue weighted by atomic mass is 16.3. The number of aliphatic hydroxyl groups excluding tert-OH is 1. The summed E-state index contributed by atoms with van der Waals surface area (Å²) in [6.45, 7) is 1.03. The number of pyridine rings is 1. The summed E-state index contributed by atoms with van der Waals surface area (Å²) in [7, 11) is 2.08. The quantitative estimate of drug-likeness (QED) is 0.784. The molecule has 1 fully saturated rings. The zero-order valence-corrected chi connectivity index (χ0v) is 8.43. The molecule has 1 saturated carbocycles. The summed E-state index contributed by atoms with van der Waals surface area (Å²) >= 11 is 0. The Labute approximate surface area is 84.4 Å². The van der Waals surface area contributed by atoms with E-state index in [4.69, 9.17) is 0 Å². The average Bonchev–Trinajstić information content (AvgIpc) is 2.17. The lowest BCUT2D eigenvalue weighted by molar-refractivity contribution is 0.0465. The van der Waals surface area contributed by atoms with Gasteiger partial charge in [0.15, 0.2) is 0 Å². The third-order valence-corrected chi connectivity index (χ3v) is 2.85. The fourth-order valence-corrected chi connectivity index (χ4v) is 1.94. The van der Waals surface area contributed by atoms with Gasteiger partial charge < -0.3 is 10.0 Å². The largest absolute Gasteiger partial charge is 0.393 e. The number of aliphatic hydroxyl groups is 1. The van der Waals surface area contributed by atoms with Gasteiger partial charge in [-0.2, -0.15) is 0 Å². The Balaban J connectivity index is 1.87. The Morgan fingerprint density at radius 3 is 2.64 bits per heavy atom. The first kappa shape index (κ1) is 9.46. The van der Waals surface area contributed by atoms with Crippen molar-refractivity contribution in [1.82, 2.24) is 4.98 Å². The monoisotopic (exact) mass is 192 g/mol. The van der Waals surface area contributed by atoms with Crippen LogP contribution in [-0.4, -0.2) is 29.8 Å². The second kappa shape index (κ2) is 3.96. The molecule has 0 saturated heterocycles. The molecule has 1 heterocycles. The van der Waals surface area contributed by atoms with E-state index in [0.717, 1.165) is 19.4 Å². The van der Waals surface area contributed by atoms with Gasteiger partial charge in [0.2, 0.25) is 0 Å². The maximum atomic E-state index is 9.17. The topological polar surface area (TPSA) is 36.4 Å². The van der Waals surface area contributed by atoms with Crippen molar-refractivity contribution < 1.29 is 5.11 Å². The van der Waals surface area contributed by atoms with Crippen molar-refractivity contribution in [3.8, 4) is 0 Å². The third-order valence-electron chi connectivity index (χ3n) is 2.85. The normalized spacial score (nSPS) is 25.6. The first-order valence-electron chi connectivity index (χ1n) is 5.05. The number of hydrogen-bond acceptors (Lipinski definition) is 3. The van der Waals surface area contributed by atoms with Gasteiger partial charge in [-0.15, -0.1) is 0 Å². The van der Waals surface area contributed by atoms with Crippen LogP contribution in [0, 0.1) is 5.92 Å². The molecular weight excluding hydrogens is 176 g/mol. The lowest BCUT2D eigenvalue weighted by atomic mass is 9.82. The van der Waals surface area contributed by atoms with Crippen LogP contribution in [0.2, 0.25) is 0 Å². The fourth-order valence-electron chi connectivity index (χ4n) is 1.94. The van der Waals surface area contributed by atoms with Gasteiger partial charge in [0.1, 0.15) is 0 Å². The maximum Gasteiger partial charge on any atom is 0.0546 e. The molecule has 14 heavy (non-hydrogen) atoms. The Kier molecular flexibility index (Phi) is 2.68. The molecule has 0 radical (unpaired) electrons. The molecule has 76 valence electrons. The zero-order chi connectivity index (χ0) is 9.97. The number of hydrogen-bond donors (Lipinski definition) is 1. The molecule has 0 amide bonds. The first-order chi connectivity index (χ1) is 6.75. The van der Waals surface area contributed by atoms with Crippen LogP contribution >= 0.6 is 0 Å². The van der Waals surface area contributed by atoms with Crippen LogP contribution < -0.4 is 4.90 Å². The van der Waals surface area contributed by atoms with E-state index in [1.165, 1.54) is 5.69 Å². The van der Waals surface area contributed by atoms with Crippen LogP contribution in [0.3, 0.4) is 0 Å². The van der Waals surface area contributed by atoms with Crippen LogP contribution in [0.5, 0.6) is 0 Å². The van der Waals surface area contributed by atoms with Gasteiger partial charge >= 0.3 is 0 Å². The van der Waals surface area contributed by atoms with Gasteiger partial charge in [0, 0.05) is 31.7 Å². The van der Waals surface area contributed by atoms with Gasteiger partial charge in [-0.3, -0.25) is 4.98 Å². The van der Waals surface area contributed by atoms with Crippen LogP contribution in [0.4, 0.5) is 5.69 Å². The predicted octanol–water partition coefficient (Wildman–Crippen LogP) is 1.29. The van der Waals surface area contributed by atoms with Crippen molar-refractivity contribution in [3.63, 3.8) is 0 Å². The van der Waals surface area contributed by atoms with E-state index in [1.54, 1.807) is 12.4 Å². The van der Waals surface area contributed by atoms with Gasteiger partial charge in [0.25, 0.3) is 0 Å². The summed E-state index contributed by atoms with van der Waals surface area (Å²) < 4.78 is 0. The zero-order valence-electron chi connectivity index (χ0n) is 8.43. The Bertz CT molecular complexity index is 283. The molecule has 2 rings (SSSR count). The third kappa shape index (κ3) is 2.04. The minimum Gasteiger partial charge on any atom is -0.393 e. The highest BCUT2D eigenvalue weighted by Crippen LogP contribution is 2.28. The van der Waals surface area contributed by atoms with E-state index in [0.29, 0.717) is 5.92 Å². The van der Waals surface area contributed by atoms with Gasteiger partial charge in [-0.1, -0.05) is 0 Å². The fraction of sp³-hybridized carbons (Fsp3) is 0.545. The summed E-state index contributed by atoms with van der Waals surface area (Å²) in [6.07, 6.45) is 5.47. The van der Waals surface area contributed by atoms with E-state index < -0.39 is 0 Å². The minimum atomic E-state index is -0.0501. The van der Waals surface area contributed by atoms with Gasteiger partial charge in [-0.05, 0) is 30.9 Å². The molecule has 0 aliphatic heterocycles. The molecule has 1 aliphatic rings. The molecule has 1 aliphatic carbocycles. The molecule has 0 aromatic carbocycles. The van der Waals surface area contributed by atoms with E-state index in [2.05, 4.69) is 16.9 Å². The Hall–Kier alpha value is -1.09. The van der Waals surface area contributed by atoms with Crippen molar-refractivity contribution in [3.05, 3.63) is 24.5 Å². The molecule has 0 bridgehead atoms. The number of aromatic nitrogens is 1. The van der Waals surface area contributed by atoms with Crippen molar-refractivity contribution in [2.24, 2.45) is 5.92 Å². The van der Waals surface area contributed by atoms with Crippen molar-refractivity contribution >= 4 is 5.69 Å². The standard InChI is InChI=1S/C11H16N2O/c1-13(8-9-6-11(14)7-9)10-2-4-12-5-3-10/h2-5,9,11,14H,6-8H2,1H3. The first-order valence-corrected chi connectivity index (χ1v) is 5.05. The summed E-state index contributed by atoms with van der Waals surface area (Å²) in [4.78, 5) is 6.21. The van der Waals surface area contributed by atoms with Crippen LogP contribution in [0.25, 0.3) is 0 Å². The van der Waals surface area contributed by atoms with E-state index in [1.807, 2.05) is 12.1 Å². The summed E-state index contributed by atoms with van der Waals surface area (Å²) in [6, 6.07) is 4.02. The van der Waals surface area contributed by atoms with Crippen LogP contribution in [-0.2, 0) is 0 Å². The second-order valence-electron chi connectivity index (χ2n) is 4.08. The second-order valence-corrected chi connectivity index (χ2v) is 4.08.